The van der Waals surface area contributed by atoms with Crippen LogP contribution in [-0.2, 0) is 19.6 Å². The summed E-state index contributed by atoms with van der Waals surface area (Å²) in [6.45, 7) is 4.81. The molecule has 0 aliphatic rings. The maximum absolute atomic E-state index is 12.5. The van der Waals surface area contributed by atoms with Crippen LogP contribution in [-0.4, -0.2) is 53.3 Å². The average molecular weight is 462 g/mol. The summed E-state index contributed by atoms with van der Waals surface area (Å²) in [5.74, 6) is -0.605. The number of amides is 2. The first kappa shape index (κ1) is 25.4. The minimum atomic E-state index is -3.50. The van der Waals surface area contributed by atoms with Crippen molar-refractivity contribution in [2.24, 2.45) is 0 Å². The van der Waals surface area contributed by atoms with E-state index in [1.807, 2.05) is 26.0 Å². The van der Waals surface area contributed by atoms with Gasteiger partial charge in [-0.05, 0) is 55.7 Å². The summed E-state index contributed by atoms with van der Waals surface area (Å²) >= 11 is 0. The van der Waals surface area contributed by atoms with Gasteiger partial charge < -0.3 is 15.4 Å². The van der Waals surface area contributed by atoms with Crippen molar-refractivity contribution in [1.29, 1.82) is 0 Å². The van der Waals surface area contributed by atoms with Crippen molar-refractivity contribution in [2.75, 3.05) is 42.7 Å². The van der Waals surface area contributed by atoms with Gasteiger partial charge in [0.25, 0.3) is 5.91 Å². The van der Waals surface area contributed by atoms with Crippen LogP contribution in [0.4, 0.5) is 11.4 Å². The lowest BCUT2D eigenvalue weighted by atomic mass is 10.1. The second-order valence-corrected chi connectivity index (χ2v) is 9.46. The minimum Gasteiger partial charge on any atom is -0.383 e. The highest BCUT2D eigenvalue weighted by atomic mass is 32.2. The van der Waals surface area contributed by atoms with Gasteiger partial charge in [0, 0.05) is 26.6 Å². The number of para-hydroxylation sites is 1. The summed E-state index contributed by atoms with van der Waals surface area (Å²) in [6, 6.07) is 12.2. The lowest BCUT2D eigenvalue weighted by Crippen LogP contribution is -2.31. The van der Waals surface area contributed by atoms with E-state index >= 15 is 0 Å². The van der Waals surface area contributed by atoms with E-state index in [0.29, 0.717) is 36.5 Å². The van der Waals surface area contributed by atoms with Gasteiger partial charge in [0.15, 0.2) is 0 Å². The Labute approximate surface area is 190 Å². The fourth-order valence-electron chi connectivity index (χ4n) is 3.12. The summed E-state index contributed by atoms with van der Waals surface area (Å²) < 4.78 is 30.8. The van der Waals surface area contributed by atoms with Gasteiger partial charge in [0.2, 0.25) is 15.9 Å². The average Bonchev–Trinajstić information content (AvgIpc) is 2.73. The predicted octanol–water partition coefficient (Wildman–Crippen LogP) is 2.86. The Morgan fingerprint density at radius 2 is 1.78 bits per heavy atom. The van der Waals surface area contributed by atoms with Gasteiger partial charge in [-0.1, -0.05) is 18.2 Å². The Bertz CT molecular complexity index is 1050. The van der Waals surface area contributed by atoms with E-state index in [4.69, 9.17) is 4.74 Å². The topological polar surface area (TPSA) is 105 Å². The summed E-state index contributed by atoms with van der Waals surface area (Å²) in [7, 11) is -1.95. The number of nitrogens with one attached hydrogen (secondary N) is 2. The Balaban J connectivity index is 2.00. The third-order valence-electron chi connectivity index (χ3n) is 4.98. The number of ether oxygens (including phenoxy) is 1. The SMILES string of the molecule is COCCNC(=O)c1ccccc1NC(=O)CCCN(c1ccc(C)c(C)c1)S(C)(=O)=O. The molecule has 0 fully saturated rings. The maximum Gasteiger partial charge on any atom is 0.253 e. The van der Waals surface area contributed by atoms with Crippen molar-refractivity contribution in [2.45, 2.75) is 26.7 Å². The zero-order valence-electron chi connectivity index (χ0n) is 19.0. The van der Waals surface area contributed by atoms with Gasteiger partial charge in [0.1, 0.15) is 0 Å². The third kappa shape index (κ3) is 7.35. The van der Waals surface area contributed by atoms with Crippen LogP contribution in [0, 0.1) is 13.8 Å². The zero-order valence-corrected chi connectivity index (χ0v) is 19.8. The quantitative estimate of drug-likeness (QED) is 0.501. The van der Waals surface area contributed by atoms with Crippen molar-refractivity contribution in [3.63, 3.8) is 0 Å². The molecule has 0 saturated carbocycles. The van der Waals surface area contributed by atoms with E-state index in [1.54, 1.807) is 37.4 Å². The molecule has 0 aromatic heterocycles. The van der Waals surface area contributed by atoms with Crippen molar-refractivity contribution in [3.05, 3.63) is 59.2 Å². The molecule has 0 aliphatic carbocycles. The molecule has 0 aliphatic heterocycles. The zero-order chi connectivity index (χ0) is 23.7. The molecule has 0 unspecified atom stereocenters. The first-order valence-corrected chi connectivity index (χ1v) is 12.2. The lowest BCUT2D eigenvalue weighted by molar-refractivity contribution is -0.116. The Kier molecular flexibility index (Phi) is 9.22. The van der Waals surface area contributed by atoms with Crippen LogP contribution in [0.3, 0.4) is 0 Å². The molecule has 2 aromatic carbocycles. The summed E-state index contributed by atoms with van der Waals surface area (Å²) in [6.07, 6.45) is 1.59. The molecule has 0 saturated heterocycles. The fourth-order valence-corrected chi connectivity index (χ4v) is 4.07. The lowest BCUT2D eigenvalue weighted by Gasteiger charge is -2.23. The van der Waals surface area contributed by atoms with Gasteiger partial charge in [-0.15, -0.1) is 0 Å². The highest BCUT2D eigenvalue weighted by Crippen LogP contribution is 2.22. The van der Waals surface area contributed by atoms with Gasteiger partial charge >= 0.3 is 0 Å². The van der Waals surface area contributed by atoms with E-state index in [-0.39, 0.29) is 24.8 Å². The van der Waals surface area contributed by atoms with E-state index in [0.717, 1.165) is 17.4 Å². The van der Waals surface area contributed by atoms with Crippen molar-refractivity contribution >= 4 is 33.2 Å². The number of anilines is 2. The number of aryl methyl sites for hydroxylation is 2. The Morgan fingerprint density at radius 1 is 1.06 bits per heavy atom. The molecule has 174 valence electrons. The number of methoxy groups -OCH3 is 1. The van der Waals surface area contributed by atoms with Crippen LogP contribution in [0.1, 0.15) is 34.3 Å². The molecule has 0 heterocycles. The van der Waals surface area contributed by atoms with Gasteiger partial charge in [0.05, 0.1) is 29.8 Å². The number of nitrogens with zero attached hydrogens (tertiary/aromatic N) is 1. The Morgan fingerprint density at radius 3 is 2.44 bits per heavy atom. The molecule has 0 radical (unpaired) electrons. The monoisotopic (exact) mass is 461 g/mol. The fraction of sp³-hybridized carbons (Fsp3) is 0.391. The molecule has 32 heavy (non-hydrogen) atoms. The third-order valence-corrected chi connectivity index (χ3v) is 6.18. The van der Waals surface area contributed by atoms with E-state index in [1.165, 1.54) is 4.31 Å². The number of rotatable bonds is 11. The van der Waals surface area contributed by atoms with E-state index in [9.17, 15) is 18.0 Å². The molecular weight excluding hydrogens is 430 g/mol. The molecular formula is C23H31N3O5S. The highest BCUT2D eigenvalue weighted by Gasteiger charge is 2.19. The van der Waals surface area contributed by atoms with Crippen molar-refractivity contribution < 1.29 is 22.7 Å². The molecule has 9 heteroatoms. The van der Waals surface area contributed by atoms with Gasteiger partial charge in [-0.3, -0.25) is 13.9 Å². The number of carbonyl (C=O) groups excluding carboxylic acids is 2. The number of sulfonamides is 1. The Hall–Kier alpha value is -2.91. The molecule has 2 aromatic rings. The van der Waals surface area contributed by atoms with Crippen LogP contribution in [0.2, 0.25) is 0 Å². The molecule has 0 bridgehead atoms. The van der Waals surface area contributed by atoms with Crippen LogP contribution < -0.4 is 14.9 Å². The number of benzene rings is 2. The molecule has 2 amide bonds. The first-order chi connectivity index (χ1) is 15.1. The number of carbonyl (C=O) groups is 2. The van der Waals surface area contributed by atoms with Crippen molar-refractivity contribution in [1.82, 2.24) is 5.32 Å². The maximum atomic E-state index is 12.5. The minimum absolute atomic E-state index is 0.108. The molecule has 2 rings (SSSR count). The van der Waals surface area contributed by atoms with E-state index < -0.39 is 10.0 Å². The van der Waals surface area contributed by atoms with E-state index in [2.05, 4.69) is 10.6 Å². The second-order valence-electron chi connectivity index (χ2n) is 7.55. The van der Waals surface area contributed by atoms with Gasteiger partial charge in [-0.25, -0.2) is 8.42 Å². The molecule has 0 spiro atoms. The van der Waals surface area contributed by atoms with Crippen LogP contribution >= 0.6 is 0 Å². The standard InChI is InChI=1S/C23H31N3O5S/c1-17-11-12-19(16-18(17)2)26(32(4,29)30)14-7-10-22(27)25-21-9-6-5-8-20(21)23(28)24-13-15-31-3/h5-6,8-9,11-12,16H,7,10,13-15H2,1-4H3,(H,24,28)(H,25,27). The van der Waals surface area contributed by atoms with Crippen LogP contribution in [0.5, 0.6) is 0 Å². The van der Waals surface area contributed by atoms with Crippen molar-refractivity contribution in [3.8, 4) is 0 Å². The summed E-state index contributed by atoms with van der Waals surface area (Å²) in [4.78, 5) is 24.8. The largest absolute Gasteiger partial charge is 0.383 e. The molecule has 2 N–H and O–H groups in total. The summed E-state index contributed by atoms with van der Waals surface area (Å²) in [5.41, 5.74) is 3.40. The molecule has 0 atom stereocenters. The van der Waals surface area contributed by atoms with Gasteiger partial charge in [-0.2, -0.15) is 0 Å². The number of hydrogen-bond acceptors (Lipinski definition) is 5. The predicted molar refractivity (Wildman–Crippen MR) is 127 cm³/mol. The smallest absolute Gasteiger partial charge is 0.253 e. The normalized spacial score (nSPS) is 11.1. The van der Waals surface area contributed by atoms with Crippen LogP contribution in [0.15, 0.2) is 42.5 Å². The molecule has 8 nitrogen and oxygen atoms in total. The second kappa shape index (κ2) is 11.6. The summed E-state index contributed by atoms with van der Waals surface area (Å²) in [5, 5.41) is 5.48. The first-order valence-electron chi connectivity index (χ1n) is 10.3. The number of hydrogen-bond donors (Lipinski definition) is 2. The highest BCUT2D eigenvalue weighted by molar-refractivity contribution is 7.92. The van der Waals surface area contributed by atoms with Crippen LogP contribution in [0.25, 0.3) is 0 Å².